The molecule has 2 aromatic rings. The number of rotatable bonds is 9. The molecule has 0 spiro atoms. The first kappa shape index (κ1) is 24.5. The maximum Gasteiger partial charge on any atom is 0.290 e. The monoisotopic (exact) mass is 446 g/mol. The lowest BCUT2D eigenvalue weighted by Crippen LogP contribution is -2.66. The number of allylic oxidation sites excluding steroid dienone is 1. The van der Waals surface area contributed by atoms with Crippen LogP contribution in [0.4, 0.5) is 0 Å². The van der Waals surface area contributed by atoms with Crippen LogP contribution in [-0.4, -0.2) is 27.9 Å². The molecule has 0 radical (unpaired) electrons. The van der Waals surface area contributed by atoms with Crippen LogP contribution < -0.4 is 10.4 Å². The van der Waals surface area contributed by atoms with Gasteiger partial charge in [0.15, 0.2) is 0 Å². The topological polar surface area (TPSA) is 63.6 Å². The van der Waals surface area contributed by atoms with Gasteiger partial charge in [0.05, 0.1) is 4.91 Å². The molecule has 0 fully saturated rings. The molecule has 0 saturated carbocycles. The fourth-order valence-corrected chi connectivity index (χ4v) is 9.09. The van der Waals surface area contributed by atoms with Crippen LogP contribution in [0.5, 0.6) is 0 Å². The first-order chi connectivity index (χ1) is 13.8. The maximum atomic E-state index is 11.4. The van der Waals surface area contributed by atoms with Gasteiger partial charge < -0.3 is 4.43 Å². The molecule has 4 nitrogen and oxygen atoms in total. The summed E-state index contributed by atoms with van der Waals surface area (Å²) in [5.74, 6) is 0. The summed E-state index contributed by atoms with van der Waals surface area (Å²) in [7, 11) is -6.84. The summed E-state index contributed by atoms with van der Waals surface area (Å²) in [6, 6.07) is 20.8. The lowest BCUT2D eigenvalue weighted by Gasteiger charge is -2.43. The van der Waals surface area contributed by atoms with Crippen molar-refractivity contribution in [2.75, 3.05) is 6.61 Å². The van der Waals surface area contributed by atoms with Crippen molar-refractivity contribution in [2.45, 2.75) is 52.5 Å². The van der Waals surface area contributed by atoms with Crippen molar-refractivity contribution >= 4 is 28.8 Å². The lowest BCUT2D eigenvalue weighted by molar-refractivity contribution is 0.218. The third-order valence-corrected chi connectivity index (χ3v) is 11.5. The zero-order valence-electron chi connectivity index (χ0n) is 18.7. The van der Waals surface area contributed by atoms with Crippen molar-refractivity contribution < 1.29 is 17.4 Å². The quantitative estimate of drug-likeness (QED) is 0.445. The first-order valence-electron chi connectivity index (χ1n) is 10.2. The summed E-state index contributed by atoms with van der Waals surface area (Å²) in [6.45, 7) is 14.6. The van der Waals surface area contributed by atoms with Crippen LogP contribution in [0.3, 0.4) is 0 Å². The van der Waals surface area contributed by atoms with Crippen LogP contribution in [0, 0.1) is 5.41 Å². The molecule has 0 saturated heterocycles. The SMILES string of the molecule is C=C(CC(C)(C)CCO[Si](c1ccccc1)(c1ccccc1)C(C)(C)C)S(=O)(=O)O. The minimum Gasteiger partial charge on any atom is -0.407 e. The number of hydrogen-bond donors (Lipinski definition) is 1. The molecule has 0 bridgehead atoms. The Morgan fingerprint density at radius 1 is 0.933 bits per heavy atom. The highest BCUT2D eigenvalue weighted by atomic mass is 32.2. The van der Waals surface area contributed by atoms with Gasteiger partial charge in [-0.15, -0.1) is 0 Å². The Labute approximate surface area is 182 Å². The summed E-state index contributed by atoms with van der Waals surface area (Å²) in [5.41, 5.74) is -0.377. The summed E-state index contributed by atoms with van der Waals surface area (Å²) >= 11 is 0. The molecule has 0 heterocycles. The molecule has 30 heavy (non-hydrogen) atoms. The minimum absolute atomic E-state index is 0.113. The molecular weight excluding hydrogens is 412 g/mol. The van der Waals surface area contributed by atoms with Gasteiger partial charge in [-0.25, -0.2) is 0 Å². The Balaban J connectivity index is 2.37. The van der Waals surface area contributed by atoms with Gasteiger partial charge in [0.25, 0.3) is 18.4 Å². The summed E-state index contributed by atoms with van der Waals surface area (Å²) < 4.78 is 38.9. The zero-order valence-corrected chi connectivity index (χ0v) is 20.5. The fourth-order valence-electron chi connectivity index (χ4n) is 3.96. The Hall–Kier alpha value is -1.73. The Morgan fingerprint density at radius 3 is 1.73 bits per heavy atom. The third-order valence-electron chi connectivity index (χ3n) is 5.55. The van der Waals surface area contributed by atoms with Crippen molar-refractivity contribution in [1.29, 1.82) is 0 Å². The van der Waals surface area contributed by atoms with Crippen LogP contribution in [-0.2, 0) is 14.5 Å². The van der Waals surface area contributed by atoms with Gasteiger partial charge in [0.2, 0.25) is 0 Å². The van der Waals surface area contributed by atoms with E-state index in [-0.39, 0.29) is 21.8 Å². The number of benzene rings is 2. The molecule has 0 aliphatic heterocycles. The maximum absolute atomic E-state index is 11.4. The average molecular weight is 447 g/mol. The molecule has 1 N–H and O–H groups in total. The van der Waals surface area contributed by atoms with E-state index in [1.165, 1.54) is 10.4 Å². The number of hydrogen-bond acceptors (Lipinski definition) is 3. The smallest absolute Gasteiger partial charge is 0.290 e. The molecule has 0 aromatic heterocycles. The lowest BCUT2D eigenvalue weighted by atomic mass is 9.86. The predicted molar refractivity (Wildman–Crippen MR) is 127 cm³/mol. The van der Waals surface area contributed by atoms with Crippen LogP contribution in [0.25, 0.3) is 0 Å². The van der Waals surface area contributed by atoms with E-state index in [0.717, 1.165) is 0 Å². The Kier molecular flexibility index (Phi) is 7.51. The molecule has 2 aromatic carbocycles. The first-order valence-corrected chi connectivity index (χ1v) is 13.5. The van der Waals surface area contributed by atoms with Gasteiger partial charge in [-0.2, -0.15) is 8.42 Å². The van der Waals surface area contributed by atoms with Crippen LogP contribution >= 0.6 is 0 Å². The van der Waals surface area contributed by atoms with Crippen LogP contribution in [0.2, 0.25) is 5.04 Å². The van der Waals surface area contributed by atoms with E-state index < -0.39 is 18.4 Å². The van der Waals surface area contributed by atoms with Gasteiger partial charge in [-0.05, 0) is 33.7 Å². The molecule has 2 rings (SSSR count). The molecule has 6 heteroatoms. The predicted octanol–water partition coefficient (Wildman–Crippen LogP) is 4.77. The molecule has 0 amide bonds. The minimum atomic E-state index is -4.23. The highest BCUT2D eigenvalue weighted by molar-refractivity contribution is 7.89. The second kappa shape index (κ2) is 9.18. The summed E-state index contributed by atoms with van der Waals surface area (Å²) in [6.07, 6.45) is 0.835. The molecular formula is C24H34O4SSi. The van der Waals surface area contributed by atoms with Crippen molar-refractivity contribution in [3.05, 3.63) is 72.1 Å². The highest BCUT2D eigenvalue weighted by Crippen LogP contribution is 2.38. The second-order valence-electron chi connectivity index (χ2n) is 9.62. The van der Waals surface area contributed by atoms with Gasteiger partial charge in [0.1, 0.15) is 0 Å². The zero-order chi connectivity index (χ0) is 22.6. The largest absolute Gasteiger partial charge is 0.407 e. The van der Waals surface area contributed by atoms with Crippen molar-refractivity contribution in [3.8, 4) is 0 Å². The van der Waals surface area contributed by atoms with Gasteiger partial charge in [-0.3, -0.25) is 4.55 Å². The van der Waals surface area contributed by atoms with E-state index in [2.05, 4.69) is 75.9 Å². The Morgan fingerprint density at radius 2 is 1.37 bits per heavy atom. The van der Waals surface area contributed by atoms with E-state index in [0.29, 0.717) is 13.0 Å². The molecule has 0 unspecified atom stereocenters. The van der Waals surface area contributed by atoms with E-state index in [1.54, 1.807) is 0 Å². The average Bonchev–Trinajstić information content (AvgIpc) is 2.64. The molecule has 0 aliphatic carbocycles. The molecule has 0 aliphatic rings. The van der Waals surface area contributed by atoms with E-state index in [1.807, 2.05) is 26.0 Å². The molecule has 0 atom stereocenters. The van der Waals surface area contributed by atoms with Crippen LogP contribution in [0.1, 0.15) is 47.5 Å². The standard InChI is InChI=1S/C24H34O4SSi/c1-20(29(25,26)27)19-24(5,6)17-18-28-30(23(2,3)4,21-13-9-7-10-14-21)22-15-11-8-12-16-22/h7-16H,1,17-19H2,2-6H3,(H,25,26,27). The van der Waals surface area contributed by atoms with Crippen molar-refractivity contribution in [1.82, 2.24) is 0 Å². The highest BCUT2D eigenvalue weighted by Gasteiger charge is 2.50. The summed E-state index contributed by atoms with van der Waals surface area (Å²) in [5, 5.41) is 2.31. The van der Waals surface area contributed by atoms with Gasteiger partial charge in [-0.1, -0.05) is 102 Å². The second-order valence-corrected chi connectivity index (χ2v) is 15.4. The van der Waals surface area contributed by atoms with E-state index in [4.69, 9.17) is 4.43 Å². The van der Waals surface area contributed by atoms with Crippen LogP contribution in [0.15, 0.2) is 72.1 Å². The fraction of sp³-hybridized carbons (Fsp3) is 0.417. The third kappa shape index (κ3) is 5.69. The van der Waals surface area contributed by atoms with Crippen molar-refractivity contribution in [2.24, 2.45) is 5.41 Å². The normalized spacial score (nSPS) is 13.3. The summed E-state index contributed by atoms with van der Waals surface area (Å²) in [4.78, 5) is -0.155. The Bertz CT molecular complexity index is 906. The van der Waals surface area contributed by atoms with Gasteiger partial charge >= 0.3 is 0 Å². The molecule has 164 valence electrons. The van der Waals surface area contributed by atoms with Crippen molar-refractivity contribution in [3.63, 3.8) is 0 Å². The van der Waals surface area contributed by atoms with Gasteiger partial charge in [0, 0.05) is 6.61 Å². The van der Waals surface area contributed by atoms with E-state index >= 15 is 0 Å². The van der Waals surface area contributed by atoms with E-state index in [9.17, 15) is 13.0 Å².